The number of hydrogen-bond donors (Lipinski definition) is 1. The molecule has 8 heteroatoms. The molecule has 110 valence electrons. The number of rotatable bonds is 2. The van der Waals surface area contributed by atoms with Crippen molar-refractivity contribution in [3.8, 4) is 0 Å². The van der Waals surface area contributed by atoms with Crippen LogP contribution in [0.1, 0.15) is 23.7 Å². The van der Waals surface area contributed by atoms with Crippen molar-refractivity contribution in [1.29, 1.82) is 0 Å². The first-order valence-corrected chi connectivity index (χ1v) is 7.55. The minimum atomic E-state index is -0.533. The Morgan fingerprint density at radius 2 is 2.33 bits per heavy atom. The van der Waals surface area contributed by atoms with Gasteiger partial charge in [0.1, 0.15) is 11.6 Å². The molecule has 0 spiro atoms. The number of nitrogens with one attached hydrogen (secondary N) is 1. The van der Waals surface area contributed by atoms with Crippen LogP contribution < -0.4 is 10.9 Å². The van der Waals surface area contributed by atoms with Crippen LogP contribution in [0.5, 0.6) is 0 Å². The molecule has 21 heavy (non-hydrogen) atoms. The molecule has 1 saturated heterocycles. The number of fused-ring (bicyclic) bond motifs is 1. The summed E-state index contributed by atoms with van der Waals surface area (Å²) < 4.78 is 1.35. The zero-order valence-corrected chi connectivity index (χ0v) is 12.2. The number of piperazine rings is 1. The van der Waals surface area contributed by atoms with E-state index >= 15 is 0 Å². The lowest BCUT2D eigenvalue weighted by Gasteiger charge is -2.34. The molecule has 1 N–H and O–H groups in total. The minimum absolute atomic E-state index is 0.000880. The lowest BCUT2D eigenvalue weighted by molar-refractivity contribution is -0.127. The maximum Gasteiger partial charge on any atom is 0.271 e. The molecule has 2 aromatic heterocycles. The Kier molecular flexibility index (Phi) is 3.46. The Morgan fingerprint density at radius 3 is 3.10 bits per heavy atom. The third-order valence-electron chi connectivity index (χ3n) is 3.55. The van der Waals surface area contributed by atoms with Crippen molar-refractivity contribution in [3.63, 3.8) is 0 Å². The van der Waals surface area contributed by atoms with Gasteiger partial charge in [-0.2, -0.15) is 0 Å². The van der Waals surface area contributed by atoms with Gasteiger partial charge in [0.05, 0.1) is 0 Å². The van der Waals surface area contributed by atoms with Gasteiger partial charge in [0.25, 0.3) is 11.5 Å². The van der Waals surface area contributed by atoms with Crippen LogP contribution >= 0.6 is 11.3 Å². The summed E-state index contributed by atoms with van der Waals surface area (Å²) in [6, 6.07) is -0.533. The third kappa shape index (κ3) is 2.21. The van der Waals surface area contributed by atoms with E-state index in [1.807, 2.05) is 6.92 Å². The van der Waals surface area contributed by atoms with Crippen LogP contribution in [0.4, 0.5) is 0 Å². The predicted octanol–water partition coefficient (Wildman–Crippen LogP) is 0.107. The molecule has 0 radical (unpaired) electrons. The van der Waals surface area contributed by atoms with Crippen LogP contribution in [0.2, 0.25) is 0 Å². The second-order valence-electron chi connectivity index (χ2n) is 4.75. The highest BCUT2D eigenvalue weighted by Gasteiger charge is 2.33. The third-order valence-corrected chi connectivity index (χ3v) is 4.32. The molecule has 2 aromatic rings. The Morgan fingerprint density at radius 1 is 1.52 bits per heavy atom. The van der Waals surface area contributed by atoms with Crippen molar-refractivity contribution >= 4 is 28.1 Å². The number of carbonyl (C=O) groups is 2. The Labute approximate surface area is 124 Å². The Hall–Kier alpha value is -2.22. The molecule has 1 aliphatic heterocycles. The van der Waals surface area contributed by atoms with Crippen LogP contribution in [0.3, 0.4) is 0 Å². The van der Waals surface area contributed by atoms with E-state index in [1.165, 1.54) is 26.8 Å². The summed E-state index contributed by atoms with van der Waals surface area (Å²) in [5.41, 5.74) is -0.397. The van der Waals surface area contributed by atoms with Gasteiger partial charge in [0, 0.05) is 30.9 Å². The summed E-state index contributed by atoms with van der Waals surface area (Å²) in [5.74, 6) is -0.614. The van der Waals surface area contributed by atoms with Crippen LogP contribution in [0.15, 0.2) is 22.6 Å². The van der Waals surface area contributed by atoms with E-state index in [9.17, 15) is 14.4 Å². The monoisotopic (exact) mass is 306 g/mol. The van der Waals surface area contributed by atoms with E-state index in [0.29, 0.717) is 24.5 Å². The van der Waals surface area contributed by atoms with E-state index in [0.717, 1.165) is 0 Å². The standard InChI is InChI=1S/C13H14N4O3S/c1-2-9-10(18)14-3-4-16(9)11(19)8-7-15-13-17(12(8)20)5-6-21-13/h5-7,9H,2-4H2,1H3,(H,14,18). The number of thiazole rings is 1. The fourth-order valence-electron chi connectivity index (χ4n) is 2.49. The maximum atomic E-state index is 12.6. The molecule has 3 heterocycles. The normalized spacial score (nSPS) is 18.8. The first-order chi connectivity index (χ1) is 10.1. The van der Waals surface area contributed by atoms with Gasteiger partial charge in [0.2, 0.25) is 5.91 Å². The molecule has 1 aliphatic rings. The molecular weight excluding hydrogens is 292 g/mol. The molecule has 1 atom stereocenters. The average Bonchev–Trinajstić information content (AvgIpc) is 2.96. The van der Waals surface area contributed by atoms with Crippen LogP contribution in [0, 0.1) is 0 Å². The van der Waals surface area contributed by atoms with E-state index in [1.54, 1.807) is 11.6 Å². The highest BCUT2D eigenvalue weighted by atomic mass is 32.1. The number of nitrogens with zero attached hydrogens (tertiary/aromatic N) is 3. The zero-order chi connectivity index (χ0) is 15.0. The summed E-state index contributed by atoms with van der Waals surface area (Å²) >= 11 is 1.33. The van der Waals surface area contributed by atoms with Crippen molar-refractivity contribution in [2.24, 2.45) is 0 Å². The van der Waals surface area contributed by atoms with Crippen molar-refractivity contribution in [2.75, 3.05) is 13.1 Å². The summed E-state index contributed by atoms with van der Waals surface area (Å²) in [6.45, 7) is 2.63. The zero-order valence-electron chi connectivity index (χ0n) is 11.4. The number of amides is 2. The Bertz CT molecular complexity index is 766. The van der Waals surface area contributed by atoms with Gasteiger partial charge in [-0.1, -0.05) is 6.92 Å². The van der Waals surface area contributed by atoms with E-state index in [4.69, 9.17) is 0 Å². The van der Waals surface area contributed by atoms with Gasteiger partial charge in [-0.15, -0.1) is 11.3 Å². The van der Waals surface area contributed by atoms with E-state index in [2.05, 4.69) is 10.3 Å². The summed E-state index contributed by atoms with van der Waals surface area (Å²) in [4.78, 5) is 42.9. The minimum Gasteiger partial charge on any atom is -0.353 e. The maximum absolute atomic E-state index is 12.6. The Balaban J connectivity index is 2.01. The van der Waals surface area contributed by atoms with E-state index in [-0.39, 0.29) is 11.5 Å². The molecule has 2 amide bonds. The molecule has 1 fully saturated rings. The second-order valence-corrected chi connectivity index (χ2v) is 5.62. The quantitative estimate of drug-likeness (QED) is 0.853. The van der Waals surface area contributed by atoms with Gasteiger partial charge < -0.3 is 10.2 Å². The fraction of sp³-hybridized carbons (Fsp3) is 0.385. The van der Waals surface area contributed by atoms with Crippen molar-refractivity contribution in [3.05, 3.63) is 33.7 Å². The van der Waals surface area contributed by atoms with Crippen molar-refractivity contribution in [2.45, 2.75) is 19.4 Å². The van der Waals surface area contributed by atoms with Gasteiger partial charge in [-0.3, -0.25) is 18.8 Å². The largest absolute Gasteiger partial charge is 0.353 e. The van der Waals surface area contributed by atoms with Gasteiger partial charge in [-0.05, 0) is 6.42 Å². The van der Waals surface area contributed by atoms with Gasteiger partial charge >= 0.3 is 0 Å². The fourth-order valence-corrected chi connectivity index (χ4v) is 3.16. The molecule has 0 saturated carbocycles. The highest BCUT2D eigenvalue weighted by molar-refractivity contribution is 7.15. The lowest BCUT2D eigenvalue weighted by atomic mass is 10.1. The molecule has 0 aliphatic carbocycles. The number of hydrogen-bond acceptors (Lipinski definition) is 5. The number of carbonyl (C=O) groups excluding carboxylic acids is 2. The topological polar surface area (TPSA) is 83.8 Å². The van der Waals surface area contributed by atoms with Gasteiger partial charge in [-0.25, -0.2) is 4.98 Å². The molecular formula is C13H14N4O3S. The molecule has 0 aromatic carbocycles. The molecule has 3 rings (SSSR count). The van der Waals surface area contributed by atoms with Crippen molar-refractivity contribution in [1.82, 2.24) is 19.6 Å². The summed E-state index contributed by atoms with van der Waals surface area (Å²) in [7, 11) is 0. The second kappa shape index (κ2) is 5.28. The molecule has 7 nitrogen and oxygen atoms in total. The predicted molar refractivity (Wildman–Crippen MR) is 77.5 cm³/mol. The molecule has 0 bridgehead atoms. The molecule has 1 unspecified atom stereocenters. The number of aromatic nitrogens is 2. The first kappa shape index (κ1) is 13.7. The van der Waals surface area contributed by atoms with Gasteiger partial charge in [0.15, 0.2) is 4.96 Å². The van der Waals surface area contributed by atoms with Crippen LogP contribution in [-0.4, -0.2) is 45.2 Å². The lowest BCUT2D eigenvalue weighted by Crippen LogP contribution is -2.57. The van der Waals surface area contributed by atoms with E-state index < -0.39 is 17.5 Å². The highest BCUT2D eigenvalue weighted by Crippen LogP contribution is 2.13. The van der Waals surface area contributed by atoms with Crippen LogP contribution in [-0.2, 0) is 4.79 Å². The SMILES string of the molecule is CCC1C(=O)NCCN1C(=O)c1cnc2sccn2c1=O. The smallest absolute Gasteiger partial charge is 0.271 e. The first-order valence-electron chi connectivity index (χ1n) is 6.67. The summed E-state index contributed by atoms with van der Waals surface area (Å²) in [5, 5.41) is 4.47. The average molecular weight is 306 g/mol. The summed E-state index contributed by atoms with van der Waals surface area (Å²) in [6.07, 6.45) is 3.40. The van der Waals surface area contributed by atoms with Crippen molar-refractivity contribution < 1.29 is 9.59 Å². The van der Waals surface area contributed by atoms with Crippen LogP contribution in [0.25, 0.3) is 4.96 Å².